The van der Waals surface area contributed by atoms with Crippen molar-refractivity contribution in [1.29, 1.82) is 0 Å². The maximum absolute atomic E-state index is 13.9. The highest BCUT2D eigenvalue weighted by Gasteiger charge is 2.95. The van der Waals surface area contributed by atoms with E-state index in [1.165, 1.54) is 0 Å². The Kier molecular flexibility index (Phi) is 8.32. The molecule has 0 aliphatic carbocycles. The summed E-state index contributed by atoms with van der Waals surface area (Å²) in [5.74, 6) is -57.1. The van der Waals surface area contributed by atoms with E-state index in [0.29, 0.717) is 0 Å². The maximum atomic E-state index is 13.9. The molecule has 0 amide bonds. The van der Waals surface area contributed by atoms with Crippen LogP contribution in [0.2, 0.25) is 0 Å². The number of methoxy groups -OCH3 is 1. The van der Waals surface area contributed by atoms with Crippen molar-refractivity contribution in [1.82, 2.24) is 0 Å². The quantitative estimate of drug-likeness (QED) is 0.270. The van der Waals surface area contributed by atoms with Crippen LogP contribution in [0.3, 0.4) is 0 Å². The minimum absolute atomic E-state index is 0.0464. The molecular weight excluding hydrogens is 571 g/mol. The van der Waals surface area contributed by atoms with E-state index < -0.39 is 72.6 Å². The van der Waals surface area contributed by atoms with Gasteiger partial charge < -0.3 is 9.84 Å². The van der Waals surface area contributed by atoms with Crippen molar-refractivity contribution in [2.75, 3.05) is 7.11 Å². The zero-order chi connectivity index (χ0) is 29.7. The highest BCUT2D eigenvalue weighted by molar-refractivity contribution is 5.39. The van der Waals surface area contributed by atoms with E-state index in [4.69, 9.17) is 0 Å². The van der Waals surface area contributed by atoms with E-state index in [1.807, 2.05) is 0 Å². The summed E-state index contributed by atoms with van der Waals surface area (Å²) < 4.78 is 230. The summed E-state index contributed by atoms with van der Waals surface area (Å²) in [6, 6.07) is 2.94. The molecule has 0 saturated carbocycles. The molecule has 0 atom stereocenters. The van der Waals surface area contributed by atoms with Gasteiger partial charge in [0, 0.05) is 6.42 Å². The first-order chi connectivity index (χ1) is 16.2. The summed E-state index contributed by atoms with van der Waals surface area (Å²) in [6.45, 7) is 0. The number of hydrogen-bond acceptors (Lipinski definition) is 2. The summed E-state index contributed by atoms with van der Waals surface area (Å²) in [4.78, 5) is 0. The zero-order valence-corrected chi connectivity index (χ0v) is 17.6. The van der Waals surface area contributed by atoms with Crippen molar-refractivity contribution < 1.29 is 84.5 Å². The van der Waals surface area contributed by atoms with E-state index in [2.05, 4.69) is 4.74 Å². The lowest BCUT2D eigenvalue weighted by atomic mass is 9.87. The SMILES string of the molecule is COc1ccc(O)c(CCCC(F)(F)C(F)(F)C(F)(F)C(F)(F)C(F)(F)C(F)(F)C(F)(F)C(F)(F)F)c1. The van der Waals surface area contributed by atoms with E-state index in [-0.39, 0.29) is 11.3 Å². The molecule has 0 radical (unpaired) electrons. The molecule has 1 rings (SSSR count). The van der Waals surface area contributed by atoms with E-state index in [0.717, 1.165) is 25.3 Å². The summed E-state index contributed by atoms with van der Waals surface area (Å²) in [5, 5.41) is 9.54. The molecule has 0 unspecified atom stereocenters. The van der Waals surface area contributed by atoms with Gasteiger partial charge in [-0.25, -0.2) is 0 Å². The van der Waals surface area contributed by atoms with Crippen LogP contribution in [0.4, 0.5) is 74.6 Å². The third-order valence-corrected chi connectivity index (χ3v) is 5.01. The van der Waals surface area contributed by atoms with Crippen molar-refractivity contribution >= 4 is 0 Å². The van der Waals surface area contributed by atoms with Gasteiger partial charge in [0.1, 0.15) is 11.5 Å². The summed E-state index contributed by atoms with van der Waals surface area (Å²) in [7, 11) is 1.08. The fraction of sp³-hybridized carbons (Fsp3) is 0.667. The Morgan fingerprint density at radius 1 is 0.622 bits per heavy atom. The van der Waals surface area contributed by atoms with Crippen LogP contribution >= 0.6 is 0 Å². The average molecular weight is 584 g/mol. The smallest absolute Gasteiger partial charge is 0.460 e. The largest absolute Gasteiger partial charge is 0.508 e. The number of ether oxygens (including phenoxy) is 1. The van der Waals surface area contributed by atoms with Crippen LogP contribution in [-0.4, -0.2) is 59.9 Å². The van der Waals surface area contributed by atoms with E-state index in [9.17, 15) is 79.7 Å². The number of hydrogen-bond donors (Lipinski definition) is 1. The Morgan fingerprint density at radius 3 is 1.43 bits per heavy atom. The van der Waals surface area contributed by atoms with Crippen LogP contribution in [0.15, 0.2) is 18.2 Å². The second kappa shape index (κ2) is 9.43. The van der Waals surface area contributed by atoms with Crippen LogP contribution in [-0.2, 0) is 6.42 Å². The van der Waals surface area contributed by atoms with Crippen molar-refractivity contribution in [2.45, 2.75) is 66.9 Å². The first-order valence-corrected chi connectivity index (χ1v) is 9.24. The van der Waals surface area contributed by atoms with Crippen molar-refractivity contribution in [2.24, 2.45) is 0 Å². The first kappa shape index (κ1) is 32.7. The molecular formula is C18H13F17O2. The van der Waals surface area contributed by atoms with Crippen molar-refractivity contribution in [3.63, 3.8) is 0 Å². The number of phenols is 1. The minimum Gasteiger partial charge on any atom is -0.508 e. The fourth-order valence-corrected chi connectivity index (χ4v) is 2.74. The van der Waals surface area contributed by atoms with Gasteiger partial charge in [0.25, 0.3) is 0 Å². The van der Waals surface area contributed by atoms with Gasteiger partial charge in [0.05, 0.1) is 7.11 Å². The number of phenolic OH excluding ortho intramolecular Hbond substituents is 1. The lowest BCUT2D eigenvalue weighted by Crippen LogP contribution is -2.74. The van der Waals surface area contributed by atoms with Gasteiger partial charge in [0.2, 0.25) is 0 Å². The van der Waals surface area contributed by atoms with Gasteiger partial charge in [-0.3, -0.25) is 0 Å². The highest BCUT2D eigenvalue weighted by Crippen LogP contribution is 2.64. The molecule has 0 fully saturated rings. The molecule has 2 nitrogen and oxygen atoms in total. The number of benzene rings is 1. The predicted octanol–water partition coefficient (Wildman–Crippen LogP) is 7.73. The molecule has 0 spiro atoms. The van der Waals surface area contributed by atoms with E-state index in [1.54, 1.807) is 0 Å². The van der Waals surface area contributed by atoms with Gasteiger partial charge in [-0.2, -0.15) is 74.6 Å². The molecule has 37 heavy (non-hydrogen) atoms. The maximum Gasteiger partial charge on any atom is 0.460 e. The van der Waals surface area contributed by atoms with E-state index >= 15 is 0 Å². The van der Waals surface area contributed by atoms with Gasteiger partial charge in [-0.15, -0.1) is 0 Å². The lowest BCUT2D eigenvalue weighted by Gasteiger charge is -2.42. The highest BCUT2D eigenvalue weighted by atomic mass is 19.4. The normalized spacial score (nSPS) is 15.2. The van der Waals surface area contributed by atoms with Crippen LogP contribution in [0.25, 0.3) is 0 Å². The standard InChI is InChI=1S/C18H13F17O2/c1-37-9-4-5-10(36)8(7-9)3-2-6-11(19,20)12(21,22)13(23,24)14(25,26)15(27,28)16(29,30)17(31,32)18(33,34)35/h4-5,7,36H,2-3,6H2,1H3. The van der Waals surface area contributed by atoms with Gasteiger partial charge >= 0.3 is 47.6 Å². The monoisotopic (exact) mass is 584 g/mol. The number of alkyl halides is 17. The second-order valence-electron chi connectivity index (χ2n) is 7.50. The zero-order valence-electron chi connectivity index (χ0n) is 17.6. The summed E-state index contributed by atoms with van der Waals surface area (Å²) >= 11 is 0. The molecule has 216 valence electrons. The second-order valence-corrected chi connectivity index (χ2v) is 7.50. The van der Waals surface area contributed by atoms with Crippen LogP contribution in [0.5, 0.6) is 11.5 Å². The van der Waals surface area contributed by atoms with Gasteiger partial charge in [-0.1, -0.05) is 0 Å². The molecule has 1 N–H and O–H groups in total. The molecule has 0 aromatic heterocycles. The van der Waals surface area contributed by atoms with Crippen LogP contribution in [0.1, 0.15) is 18.4 Å². The Balaban J connectivity index is 3.36. The average Bonchev–Trinajstić information content (AvgIpc) is 2.73. The Bertz CT molecular complexity index is 952. The molecule has 0 saturated heterocycles. The topological polar surface area (TPSA) is 29.5 Å². The third-order valence-electron chi connectivity index (χ3n) is 5.01. The lowest BCUT2D eigenvalue weighted by molar-refractivity contribution is -0.461. The molecule has 1 aromatic rings. The number of rotatable bonds is 11. The van der Waals surface area contributed by atoms with Crippen LogP contribution < -0.4 is 4.74 Å². The summed E-state index contributed by atoms with van der Waals surface area (Å²) in [5.41, 5.74) is -0.351. The minimum atomic E-state index is -8.64. The van der Waals surface area contributed by atoms with Gasteiger partial charge in [-0.05, 0) is 36.6 Å². The molecule has 1 aromatic carbocycles. The first-order valence-electron chi connectivity index (χ1n) is 9.24. The fourth-order valence-electron chi connectivity index (χ4n) is 2.74. The van der Waals surface area contributed by atoms with Gasteiger partial charge in [0.15, 0.2) is 0 Å². The number of halogens is 17. The Labute approximate surface area is 195 Å². The molecule has 0 aliphatic rings. The Morgan fingerprint density at radius 2 is 1.03 bits per heavy atom. The molecule has 0 bridgehead atoms. The molecule has 0 aliphatic heterocycles. The van der Waals surface area contributed by atoms with Crippen LogP contribution in [0, 0.1) is 0 Å². The number of aromatic hydroxyl groups is 1. The van der Waals surface area contributed by atoms with Crippen molar-refractivity contribution in [3.8, 4) is 11.5 Å². The van der Waals surface area contributed by atoms with Crippen molar-refractivity contribution in [3.05, 3.63) is 23.8 Å². The summed E-state index contributed by atoms with van der Waals surface area (Å²) in [6.07, 6.45) is -12.6. The Hall–Kier alpha value is -2.37. The number of aryl methyl sites for hydroxylation is 1. The molecule has 0 heterocycles. The third kappa shape index (κ3) is 4.93. The molecule has 19 heteroatoms. The predicted molar refractivity (Wildman–Crippen MR) is 88.3 cm³/mol.